The number of thiophene rings is 1. The van der Waals surface area contributed by atoms with Crippen LogP contribution in [-0.4, -0.2) is 23.3 Å². The molecule has 0 saturated carbocycles. The highest BCUT2D eigenvalue weighted by molar-refractivity contribution is 7.11. The molecule has 0 aliphatic carbocycles. The van der Waals surface area contributed by atoms with Crippen LogP contribution in [0.4, 0.5) is 5.69 Å². The van der Waals surface area contributed by atoms with E-state index >= 15 is 0 Å². The normalized spacial score (nSPS) is 12.9. The molecular weight excluding hydrogens is 412 g/mol. The molecule has 7 heteroatoms. The van der Waals surface area contributed by atoms with E-state index in [9.17, 15) is 9.59 Å². The lowest BCUT2D eigenvalue weighted by atomic mass is 10.0. The number of fused-ring (bicyclic) bond motifs is 1. The molecule has 31 heavy (non-hydrogen) atoms. The third kappa shape index (κ3) is 5.76. The van der Waals surface area contributed by atoms with E-state index < -0.39 is 0 Å². The van der Waals surface area contributed by atoms with Crippen molar-refractivity contribution in [2.75, 3.05) is 11.9 Å². The minimum Gasteiger partial charge on any atom is -0.494 e. The lowest BCUT2D eigenvalue weighted by molar-refractivity contribution is -0.133. The zero-order chi connectivity index (χ0) is 21.6. The van der Waals surface area contributed by atoms with E-state index in [2.05, 4.69) is 24.4 Å². The number of rotatable bonds is 9. The van der Waals surface area contributed by atoms with Crippen LogP contribution in [0.15, 0.2) is 53.1 Å². The van der Waals surface area contributed by atoms with E-state index in [-0.39, 0.29) is 11.8 Å². The molecule has 1 aromatic carbocycles. The van der Waals surface area contributed by atoms with Crippen LogP contribution in [-0.2, 0) is 29.1 Å². The van der Waals surface area contributed by atoms with E-state index in [1.807, 2.05) is 35.2 Å². The first-order chi connectivity index (χ1) is 15.1. The average molecular weight is 439 g/mol. The van der Waals surface area contributed by atoms with Crippen LogP contribution in [0.1, 0.15) is 40.3 Å². The fourth-order valence-electron chi connectivity index (χ4n) is 3.60. The summed E-state index contributed by atoms with van der Waals surface area (Å²) in [5.41, 5.74) is 1.94. The molecule has 3 heterocycles. The zero-order valence-electron chi connectivity index (χ0n) is 17.6. The number of benzene rings is 1. The van der Waals surface area contributed by atoms with E-state index in [4.69, 9.17) is 9.15 Å². The fourth-order valence-corrected chi connectivity index (χ4v) is 4.51. The molecule has 1 N–H and O–H groups in total. The number of furan rings is 1. The predicted octanol–water partition coefficient (Wildman–Crippen LogP) is 4.92. The van der Waals surface area contributed by atoms with E-state index in [1.54, 1.807) is 17.6 Å². The molecule has 162 valence electrons. The molecule has 3 aromatic rings. The number of hydrogen-bond donors (Lipinski definition) is 1. The Balaban J connectivity index is 1.29. The smallest absolute Gasteiger partial charge is 0.224 e. The van der Waals surface area contributed by atoms with Gasteiger partial charge >= 0.3 is 0 Å². The predicted molar refractivity (Wildman–Crippen MR) is 120 cm³/mol. The van der Waals surface area contributed by atoms with Crippen LogP contribution in [0.5, 0.6) is 5.75 Å². The number of anilines is 1. The number of amides is 2. The first-order valence-corrected chi connectivity index (χ1v) is 11.3. The molecule has 0 atom stereocenters. The molecule has 1 aliphatic rings. The number of hydrogen-bond acceptors (Lipinski definition) is 5. The Kier molecular flexibility index (Phi) is 6.72. The maximum atomic E-state index is 12.9. The molecule has 2 aromatic heterocycles. The lowest BCUT2D eigenvalue weighted by Crippen LogP contribution is -2.29. The molecule has 0 spiro atoms. The third-order valence-electron chi connectivity index (χ3n) is 5.20. The topological polar surface area (TPSA) is 71.8 Å². The summed E-state index contributed by atoms with van der Waals surface area (Å²) in [6, 6.07) is 13.6. The maximum Gasteiger partial charge on any atom is 0.224 e. The number of carbonyl (C=O) groups is 2. The highest BCUT2D eigenvalue weighted by atomic mass is 32.1. The van der Waals surface area contributed by atoms with Crippen LogP contribution in [0.25, 0.3) is 0 Å². The quantitative estimate of drug-likeness (QED) is 0.481. The van der Waals surface area contributed by atoms with Crippen LogP contribution < -0.4 is 10.1 Å². The van der Waals surface area contributed by atoms with E-state index in [0.29, 0.717) is 39.0 Å². The molecule has 1 aliphatic heterocycles. The van der Waals surface area contributed by atoms with Gasteiger partial charge in [-0.2, -0.15) is 0 Å². The number of nitrogens with one attached hydrogen (secondary N) is 1. The first kappa shape index (κ1) is 21.2. The van der Waals surface area contributed by atoms with Crippen molar-refractivity contribution in [3.05, 3.63) is 69.8 Å². The van der Waals surface area contributed by atoms with Crippen LogP contribution >= 0.6 is 11.3 Å². The summed E-state index contributed by atoms with van der Waals surface area (Å²) in [5, 5.41) is 2.87. The second kappa shape index (κ2) is 9.83. The monoisotopic (exact) mass is 438 g/mol. The minimum absolute atomic E-state index is 0.0523. The molecular formula is C24H26N2O4S. The summed E-state index contributed by atoms with van der Waals surface area (Å²) in [4.78, 5) is 28.6. The lowest BCUT2D eigenvalue weighted by Gasteiger charge is -2.21. The Morgan fingerprint density at radius 1 is 1.19 bits per heavy atom. The molecule has 0 unspecified atom stereocenters. The van der Waals surface area contributed by atoms with Gasteiger partial charge in [0, 0.05) is 28.3 Å². The molecule has 2 amide bonds. The third-order valence-corrected chi connectivity index (χ3v) is 6.18. The van der Waals surface area contributed by atoms with Gasteiger partial charge in [-0.25, -0.2) is 0 Å². The summed E-state index contributed by atoms with van der Waals surface area (Å²) in [6.07, 6.45) is 3.89. The summed E-state index contributed by atoms with van der Waals surface area (Å²) >= 11 is 1.71. The van der Waals surface area contributed by atoms with Gasteiger partial charge in [-0.3, -0.25) is 9.59 Å². The van der Waals surface area contributed by atoms with Gasteiger partial charge in [-0.1, -0.05) is 0 Å². The van der Waals surface area contributed by atoms with Crippen molar-refractivity contribution in [2.24, 2.45) is 0 Å². The second-order valence-electron chi connectivity index (χ2n) is 7.66. The van der Waals surface area contributed by atoms with E-state index in [1.165, 1.54) is 4.88 Å². The minimum atomic E-state index is 0.0523. The van der Waals surface area contributed by atoms with Crippen molar-refractivity contribution in [3.63, 3.8) is 0 Å². The standard InChI is InChI=1S/C24H26N2O4S/c1-17-6-9-21(31-17)16-26(15-20-4-2-12-30-20)24(28)5-3-13-29-19-8-10-22-18(14-19)7-11-23(27)25-22/h2,4,6,8-10,12,14H,3,5,7,11,13,15-16H2,1H3,(H,25,27). The SMILES string of the molecule is Cc1ccc(CN(Cc2ccco2)C(=O)CCCOc2ccc3c(c2)CCC(=O)N3)s1. The van der Waals surface area contributed by atoms with Crippen LogP contribution in [0.3, 0.4) is 0 Å². The van der Waals surface area contributed by atoms with Crippen molar-refractivity contribution < 1.29 is 18.7 Å². The van der Waals surface area contributed by atoms with Crippen molar-refractivity contribution >= 4 is 28.8 Å². The summed E-state index contributed by atoms with van der Waals surface area (Å²) < 4.78 is 11.3. The Labute approximate surface area is 185 Å². The Morgan fingerprint density at radius 2 is 2.10 bits per heavy atom. The van der Waals surface area contributed by atoms with Crippen molar-refractivity contribution in [2.45, 2.75) is 45.7 Å². The van der Waals surface area contributed by atoms with Gasteiger partial charge in [0.05, 0.1) is 26.0 Å². The number of aryl methyl sites for hydroxylation is 2. The van der Waals surface area contributed by atoms with Gasteiger partial charge in [-0.15, -0.1) is 11.3 Å². The Bertz CT molecular complexity index is 1040. The van der Waals surface area contributed by atoms with Crippen LogP contribution in [0, 0.1) is 6.92 Å². The maximum absolute atomic E-state index is 12.9. The fraction of sp³-hybridized carbons (Fsp3) is 0.333. The first-order valence-electron chi connectivity index (χ1n) is 10.5. The molecule has 0 fully saturated rings. The molecule has 0 saturated heterocycles. The van der Waals surface area contributed by atoms with Gasteiger partial charge in [-0.05, 0) is 67.8 Å². The highest BCUT2D eigenvalue weighted by Crippen LogP contribution is 2.27. The molecule has 4 rings (SSSR count). The van der Waals surface area contributed by atoms with Gasteiger partial charge < -0.3 is 19.4 Å². The Hall–Kier alpha value is -3.06. The Morgan fingerprint density at radius 3 is 2.87 bits per heavy atom. The largest absolute Gasteiger partial charge is 0.494 e. The summed E-state index contributed by atoms with van der Waals surface area (Å²) in [6.45, 7) is 3.57. The second-order valence-corrected chi connectivity index (χ2v) is 9.03. The van der Waals surface area contributed by atoms with Gasteiger partial charge in [0.15, 0.2) is 0 Å². The highest BCUT2D eigenvalue weighted by Gasteiger charge is 2.17. The van der Waals surface area contributed by atoms with Crippen molar-refractivity contribution in [1.82, 2.24) is 4.90 Å². The summed E-state index contributed by atoms with van der Waals surface area (Å²) in [5.74, 6) is 1.68. The number of ether oxygens (including phenoxy) is 1. The van der Waals surface area contributed by atoms with Gasteiger partial charge in [0.2, 0.25) is 11.8 Å². The molecule has 0 bridgehead atoms. The van der Waals surface area contributed by atoms with E-state index in [0.717, 1.165) is 34.1 Å². The van der Waals surface area contributed by atoms with Gasteiger partial charge in [0.1, 0.15) is 11.5 Å². The van der Waals surface area contributed by atoms with Crippen molar-refractivity contribution in [3.8, 4) is 5.75 Å². The van der Waals surface area contributed by atoms with Gasteiger partial charge in [0.25, 0.3) is 0 Å². The molecule has 6 nitrogen and oxygen atoms in total. The van der Waals surface area contributed by atoms with Crippen molar-refractivity contribution in [1.29, 1.82) is 0 Å². The molecule has 0 radical (unpaired) electrons. The average Bonchev–Trinajstić information content (AvgIpc) is 3.42. The summed E-state index contributed by atoms with van der Waals surface area (Å²) in [7, 11) is 0. The number of nitrogens with zero attached hydrogens (tertiary/aromatic N) is 1. The van der Waals surface area contributed by atoms with Crippen LogP contribution in [0.2, 0.25) is 0 Å². The number of carbonyl (C=O) groups excluding carboxylic acids is 2. The zero-order valence-corrected chi connectivity index (χ0v) is 18.4.